The maximum atomic E-state index is 13.7. The van der Waals surface area contributed by atoms with Crippen LogP contribution in [0.3, 0.4) is 0 Å². The molecular weight excluding hydrogens is 566 g/mol. The minimum atomic E-state index is -0.297. The van der Waals surface area contributed by atoms with E-state index in [2.05, 4.69) is 15.6 Å². The zero-order valence-electron chi connectivity index (χ0n) is 25.0. The number of pyridine rings is 3. The molecule has 1 fully saturated rings. The van der Waals surface area contributed by atoms with E-state index in [0.717, 1.165) is 29.5 Å². The summed E-state index contributed by atoms with van der Waals surface area (Å²) in [5.41, 5.74) is 4.16. The first-order valence-electron chi connectivity index (χ1n) is 14.3. The van der Waals surface area contributed by atoms with Crippen LogP contribution in [-0.2, 0) is 18.9 Å². The Labute approximate surface area is 254 Å². The van der Waals surface area contributed by atoms with Crippen LogP contribution in [0.25, 0.3) is 22.0 Å². The fourth-order valence-electron chi connectivity index (χ4n) is 5.87. The maximum absolute atomic E-state index is 13.7. The topological polar surface area (TPSA) is 125 Å². The first-order chi connectivity index (χ1) is 20.5. The van der Waals surface area contributed by atoms with E-state index in [-0.39, 0.29) is 29.1 Å². The summed E-state index contributed by atoms with van der Waals surface area (Å²) in [5.74, 6) is 0.652. The summed E-state index contributed by atoms with van der Waals surface area (Å²) >= 11 is 6.29. The zero-order chi connectivity index (χ0) is 31.0. The monoisotopic (exact) mass is 601 g/mol. The highest BCUT2D eigenvalue weighted by Gasteiger charge is 2.25. The third-order valence-electron chi connectivity index (χ3n) is 8.19. The molecule has 3 aromatic heterocycles. The quantitative estimate of drug-likeness (QED) is 0.205. The second kappa shape index (κ2) is 12.0. The minimum absolute atomic E-state index is 0.0614. The molecule has 0 spiro atoms. The van der Waals surface area contributed by atoms with Crippen molar-refractivity contribution in [3.05, 3.63) is 85.1 Å². The van der Waals surface area contributed by atoms with Gasteiger partial charge in [-0.2, -0.15) is 0 Å². The Morgan fingerprint density at radius 2 is 1.86 bits per heavy atom. The van der Waals surface area contributed by atoms with Crippen molar-refractivity contribution in [2.75, 3.05) is 23.7 Å². The molecule has 1 aliphatic heterocycles. The molecule has 1 saturated heterocycles. The summed E-state index contributed by atoms with van der Waals surface area (Å²) < 4.78 is 3.08. The van der Waals surface area contributed by atoms with Crippen LogP contribution in [0.1, 0.15) is 49.4 Å². The van der Waals surface area contributed by atoms with E-state index in [1.54, 1.807) is 43.9 Å². The number of rotatable bonds is 7. The summed E-state index contributed by atoms with van der Waals surface area (Å²) in [7, 11) is 3.41. The van der Waals surface area contributed by atoms with Crippen LogP contribution in [-0.4, -0.2) is 50.3 Å². The van der Waals surface area contributed by atoms with Crippen LogP contribution in [0, 0.1) is 12.3 Å². The molecule has 4 aromatic rings. The van der Waals surface area contributed by atoms with Gasteiger partial charge in [0.25, 0.3) is 5.56 Å². The van der Waals surface area contributed by atoms with Gasteiger partial charge in [0.15, 0.2) is 0 Å². The van der Waals surface area contributed by atoms with Crippen molar-refractivity contribution in [2.24, 2.45) is 14.1 Å². The predicted molar refractivity (Wildman–Crippen MR) is 173 cm³/mol. The number of carbonyl (C=O) groups excluding carboxylic acids is 1. The number of nitrogens with one attached hydrogen (secondary N) is 3. The Morgan fingerprint density at radius 3 is 2.51 bits per heavy atom. The zero-order valence-corrected chi connectivity index (χ0v) is 25.7. The van der Waals surface area contributed by atoms with E-state index < -0.39 is 0 Å². The third kappa shape index (κ3) is 5.92. The predicted octanol–water partition coefficient (Wildman–Crippen LogP) is 4.85. The van der Waals surface area contributed by atoms with Gasteiger partial charge in [0.1, 0.15) is 11.0 Å². The van der Waals surface area contributed by atoms with Crippen LogP contribution in [0.4, 0.5) is 11.5 Å². The number of benzene rings is 1. The van der Waals surface area contributed by atoms with Gasteiger partial charge in [-0.15, -0.1) is 0 Å². The number of aryl methyl sites for hydroxylation is 2. The highest BCUT2D eigenvalue weighted by Crippen LogP contribution is 2.35. The number of hydrogen-bond acceptors (Lipinski definition) is 7. The second-order valence-corrected chi connectivity index (χ2v) is 11.6. The fourth-order valence-corrected chi connectivity index (χ4v) is 6.02. The Hall–Kier alpha value is -4.44. The Balaban J connectivity index is 1.59. The molecule has 224 valence electrons. The molecule has 1 aromatic carbocycles. The number of piperidine rings is 1. The first kappa shape index (κ1) is 30.0. The molecule has 1 aliphatic rings. The molecule has 3 N–H and O–H groups in total. The first-order valence-corrected chi connectivity index (χ1v) is 14.7. The molecule has 10 nitrogen and oxygen atoms in total. The van der Waals surface area contributed by atoms with Gasteiger partial charge < -0.3 is 25.5 Å². The number of carbonyl (C=O) groups is 1. The molecule has 5 rings (SSSR count). The van der Waals surface area contributed by atoms with Gasteiger partial charge in [0, 0.05) is 86.6 Å². The molecule has 0 radical (unpaired) electrons. The average Bonchev–Trinajstić information content (AvgIpc) is 2.98. The van der Waals surface area contributed by atoms with Gasteiger partial charge in [-0.1, -0.05) is 17.7 Å². The standard InChI is InChI=1S/C32H36ClN7O3/c1-18-14-23(19(2)35-26-7-8-27(33)37-30(26)21-6-9-28(42)38(4)17-21)29-24(15-18)32(43)39(5)31(25(29)16-34)36-22-10-12-40(13-11-22)20(3)41/h6-9,14-17,19,22,34-36H,10-13H2,1-5H3. The van der Waals surface area contributed by atoms with Crippen molar-refractivity contribution in [3.8, 4) is 11.3 Å². The Bertz CT molecular complexity index is 1850. The van der Waals surface area contributed by atoms with Gasteiger partial charge >= 0.3 is 0 Å². The number of likely N-dealkylation sites (tertiary alicyclic amines) is 1. The molecule has 0 saturated carbocycles. The molecule has 4 heterocycles. The van der Waals surface area contributed by atoms with Crippen molar-refractivity contribution in [1.82, 2.24) is 19.0 Å². The van der Waals surface area contributed by atoms with E-state index in [9.17, 15) is 14.4 Å². The summed E-state index contributed by atoms with van der Waals surface area (Å²) in [6, 6.07) is 10.4. The van der Waals surface area contributed by atoms with E-state index in [1.807, 2.05) is 36.9 Å². The van der Waals surface area contributed by atoms with Crippen molar-refractivity contribution < 1.29 is 4.79 Å². The summed E-state index contributed by atoms with van der Waals surface area (Å²) in [4.78, 5) is 44.0. The van der Waals surface area contributed by atoms with Gasteiger partial charge in [-0.05, 0) is 62.1 Å². The lowest BCUT2D eigenvalue weighted by atomic mass is 9.93. The van der Waals surface area contributed by atoms with Crippen molar-refractivity contribution in [3.63, 3.8) is 0 Å². The molecule has 1 unspecified atom stereocenters. The van der Waals surface area contributed by atoms with Crippen molar-refractivity contribution >= 4 is 46.0 Å². The van der Waals surface area contributed by atoms with Crippen LogP contribution in [0.5, 0.6) is 0 Å². The number of amides is 1. The normalized spacial score (nSPS) is 14.5. The summed E-state index contributed by atoms with van der Waals surface area (Å²) in [6.45, 7) is 6.83. The average molecular weight is 602 g/mol. The number of nitrogens with zero attached hydrogens (tertiary/aromatic N) is 4. The van der Waals surface area contributed by atoms with E-state index >= 15 is 0 Å². The lowest BCUT2D eigenvalue weighted by Gasteiger charge is -2.33. The van der Waals surface area contributed by atoms with Crippen LogP contribution in [0.2, 0.25) is 5.15 Å². The second-order valence-electron chi connectivity index (χ2n) is 11.2. The molecule has 43 heavy (non-hydrogen) atoms. The largest absolute Gasteiger partial charge is 0.377 e. The molecule has 1 amide bonds. The molecule has 0 bridgehead atoms. The summed E-state index contributed by atoms with van der Waals surface area (Å²) in [5, 5.41) is 17.1. The molecular formula is C32H36ClN7O3. The fraction of sp³-hybridized carbons (Fsp3) is 0.344. The van der Waals surface area contributed by atoms with E-state index in [4.69, 9.17) is 17.0 Å². The Morgan fingerprint density at radius 1 is 1.14 bits per heavy atom. The van der Waals surface area contributed by atoms with Crippen LogP contribution < -0.4 is 21.8 Å². The smallest absolute Gasteiger partial charge is 0.259 e. The SMILES string of the molecule is CC(=O)N1CCC(Nc2c(C=N)c3c(C(C)Nc4ccc(Cl)nc4-c4ccc(=O)n(C)c4)cc(C)cc3c(=O)n2C)CC1. The van der Waals surface area contributed by atoms with Gasteiger partial charge in [0.2, 0.25) is 11.5 Å². The highest BCUT2D eigenvalue weighted by molar-refractivity contribution is 6.29. The van der Waals surface area contributed by atoms with Gasteiger partial charge in [-0.25, -0.2) is 4.98 Å². The third-order valence-corrected chi connectivity index (χ3v) is 8.40. The molecule has 1 atom stereocenters. The lowest BCUT2D eigenvalue weighted by Crippen LogP contribution is -2.42. The van der Waals surface area contributed by atoms with Crippen LogP contribution >= 0.6 is 11.6 Å². The number of aromatic nitrogens is 3. The lowest BCUT2D eigenvalue weighted by molar-refractivity contribution is -0.129. The number of anilines is 2. The molecule has 0 aliphatic carbocycles. The van der Waals surface area contributed by atoms with Gasteiger partial charge in [-0.3, -0.25) is 19.0 Å². The Kier molecular flexibility index (Phi) is 8.41. The highest BCUT2D eigenvalue weighted by atomic mass is 35.5. The minimum Gasteiger partial charge on any atom is -0.377 e. The number of hydrogen-bond donors (Lipinski definition) is 3. The van der Waals surface area contributed by atoms with Gasteiger partial charge in [0.05, 0.1) is 11.4 Å². The maximum Gasteiger partial charge on any atom is 0.259 e. The van der Waals surface area contributed by atoms with Crippen LogP contribution in [0.15, 0.2) is 52.2 Å². The summed E-state index contributed by atoms with van der Waals surface area (Å²) in [6.07, 6.45) is 4.52. The number of halogens is 1. The van der Waals surface area contributed by atoms with E-state index in [0.29, 0.717) is 51.8 Å². The number of fused-ring (bicyclic) bond motifs is 1. The van der Waals surface area contributed by atoms with Crippen molar-refractivity contribution in [1.29, 1.82) is 5.41 Å². The van der Waals surface area contributed by atoms with E-state index in [1.165, 1.54) is 16.8 Å². The molecule has 11 heteroatoms. The van der Waals surface area contributed by atoms with Crippen molar-refractivity contribution in [2.45, 2.75) is 45.7 Å².